The Morgan fingerprint density at radius 1 is 0.220 bits per heavy atom. The first kappa shape index (κ1) is 130. The number of guanidine groups is 9. The Hall–Kier alpha value is -16.1. The first-order chi connectivity index (χ1) is 70.7. The zero-order chi connectivity index (χ0) is 113. The summed E-state index contributed by atoms with van der Waals surface area (Å²) in [5.74, 6) is -21.2. The molecule has 2 rings (SSSR count). The molecule has 0 radical (unpaired) electrons. The van der Waals surface area contributed by atoms with Gasteiger partial charge in [-0.25, -0.2) is 4.79 Å². The van der Waals surface area contributed by atoms with Crippen LogP contribution in [0.5, 0.6) is 0 Å². The van der Waals surface area contributed by atoms with E-state index in [0.717, 1.165) is 0 Å². The highest BCUT2D eigenvalue weighted by Crippen LogP contribution is 2.18. The first-order valence-corrected chi connectivity index (χ1v) is 49.7. The molecule has 0 aliphatic rings. The van der Waals surface area contributed by atoms with Crippen molar-refractivity contribution in [2.45, 2.75) is 274 Å². The standard InChI is InChI=1S/C92H164N42O16/c1-48(2)65(131-75(141)60(34-21-43-118-90(106)107)123-71(137)58(32-19-41-116-88(102)103)126-80(146)66(49(3)4)133-77(143)63(46-52-24-11-9-12-25-52)129-73(139)55(29-16-38-113-85(96)97)121-69(135)54(93)28-15-37-112-84(94)95)79(145)125-57(31-18-40-115-87(100)101)70(136)122-56(30-17-39-114-86(98)99)74(140)130-64(47-53-26-13-10-14-27-53)78(144)134-67(50(5)6)81(147)127-59(33-20-42-117-89(104)105)72(138)124-61(35-22-44-119-91(108)109)76(142)132-68(51(7)8)82(148)128-62(83(149)150)36-23-45-120-92(110)111/h9-14,24-27,48-51,54-68H,15-23,28-47,93H2,1-8H3,(H,121,135)(H,122,136)(H,123,137)(H,124,138)(H,125,145)(H,126,146)(H,127,147)(H,128,148)(H,129,139)(H,130,140)(H,131,141)(H,132,142)(H,133,143)(H,134,144)(H,149,150)(H4,94,95,112)(H4,96,97,113)(H4,98,99,114)(H4,100,101,115)(H4,102,103,116)(H4,104,105,117)(H4,106,107,118)(H4,108,109,119)(H4,110,111,120)/t54-,55-,56-,57-,58-,59-,60-,61-,62-,63-,64-,65-,66-,67-,68-/m0/s1. The number of hydrogen-bond acceptors (Lipinski definition) is 25. The Labute approximate surface area is 872 Å². The van der Waals surface area contributed by atoms with Crippen LogP contribution in [0.3, 0.4) is 0 Å². The molecule has 2 aromatic rings. The van der Waals surface area contributed by atoms with Crippen molar-refractivity contribution in [3.05, 3.63) is 71.8 Å². The number of hydrogen-bond donors (Lipinski definition) is 43. The number of benzene rings is 2. The number of carbonyl (C=O) groups is 15. The van der Waals surface area contributed by atoms with E-state index in [-0.39, 0.29) is 199 Å². The molecule has 0 unspecified atom stereocenters. The van der Waals surface area contributed by atoms with E-state index < -0.39 is 239 Å². The molecule has 2 aromatic carbocycles. The van der Waals surface area contributed by atoms with Crippen LogP contribution in [0.15, 0.2) is 60.7 Å². The molecule has 0 saturated heterocycles. The lowest BCUT2D eigenvalue weighted by Crippen LogP contribution is -2.62. The molecule has 0 saturated carbocycles. The Bertz CT molecular complexity index is 4790. The molecule has 0 aliphatic carbocycles. The van der Waals surface area contributed by atoms with Gasteiger partial charge in [0.05, 0.1) is 6.04 Å². The molecular weight excluding hydrogens is 1950 g/mol. The number of carboxylic acid groups (broad SMARTS) is 1. The number of amides is 14. The highest BCUT2D eigenvalue weighted by molar-refractivity contribution is 6.01. The molecule has 58 nitrogen and oxygen atoms in total. The highest BCUT2D eigenvalue weighted by Gasteiger charge is 2.41. The number of nitrogens with one attached hydrogen (secondary N) is 32. The van der Waals surface area contributed by atoms with Gasteiger partial charge in [-0.15, -0.1) is 0 Å². The van der Waals surface area contributed by atoms with Crippen LogP contribution in [0.2, 0.25) is 0 Å². The summed E-state index contributed by atoms with van der Waals surface area (Å²) in [7, 11) is 0. The third-order valence-corrected chi connectivity index (χ3v) is 23.1. The number of rotatable bonds is 73. The van der Waals surface area contributed by atoms with Crippen LogP contribution in [-0.2, 0) is 84.8 Å². The quantitative estimate of drug-likeness (QED) is 0.0166. The van der Waals surface area contributed by atoms with Gasteiger partial charge in [0, 0.05) is 71.7 Å². The van der Waals surface area contributed by atoms with Gasteiger partial charge in [-0.3, -0.25) is 116 Å². The molecule has 0 spiro atoms. The Morgan fingerprint density at radius 3 is 0.560 bits per heavy atom. The first-order valence-electron chi connectivity index (χ1n) is 49.7. The van der Waals surface area contributed by atoms with E-state index in [1.54, 1.807) is 116 Å². The fraction of sp³-hybridized carbons (Fsp3) is 0.609. The predicted octanol–water partition coefficient (Wildman–Crippen LogP) is -9.34. The Morgan fingerprint density at radius 2 is 0.373 bits per heavy atom. The molecule has 0 bridgehead atoms. The molecule has 0 heterocycles. The van der Waals surface area contributed by atoms with E-state index >= 15 is 28.8 Å². The van der Waals surface area contributed by atoms with Gasteiger partial charge in [-0.1, -0.05) is 116 Å². The molecule has 0 fully saturated rings. The van der Waals surface area contributed by atoms with E-state index in [9.17, 15) is 48.3 Å². The van der Waals surface area contributed by atoms with Crippen molar-refractivity contribution < 1.29 is 77.0 Å². The van der Waals surface area contributed by atoms with E-state index in [0.29, 0.717) is 17.5 Å². The minimum atomic E-state index is -1.62. The summed E-state index contributed by atoms with van der Waals surface area (Å²) in [5.41, 5.74) is 57.2. The molecule has 838 valence electrons. The molecule has 0 aliphatic heterocycles. The van der Waals surface area contributed by atoms with Gasteiger partial charge < -0.3 is 185 Å². The van der Waals surface area contributed by atoms with Gasteiger partial charge >= 0.3 is 5.97 Å². The lowest BCUT2D eigenvalue weighted by atomic mass is 9.99. The van der Waals surface area contributed by atoms with Crippen LogP contribution in [0.25, 0.3) is 0 Å². The van der Waals surface area contributed by atoms with Gasteiger partial charge in [-0.2, -0.15) is 0 Å². The predicted molar refractivity (Wildman–Crippen MR) is 565 cm³/mol. The van der Waals surface area contributed by atoms with Crippen LogP contribution in [0.4, 0.5) is 0 Å². The number of nitrogens with two attached hydrogens (primary N) is 10. The van der Waals surface area contributed by atoms with Crippen LogP contribution in [0.1, 0.15) is 182 Å². The third-order valence-electron chi connectivity index (χ3n) is 23.1. The van der Waals surface area contributed by atoms with Crippen LogP contribution in [-0.4, -0.2) is 297 Å². The van der Waals surface area contributed by atoms with E-state index in [4.69, 9.17) is 106 Å². The van der Waals surface area contributed by atoms with Crippen molar-refractivity contribution in [1.29, 1.82) is 48.7 Å². The van der Waals surface area contributed by atoms with Crippen molar-refractivity contribution in [2.75, 3.05) is 58.9 Å². The molecule has 58 heteroatoms. The van der Waals surface area contributed by atoms with E-state index in [1.807, 2.05) is 0 Å². The summed E-state index contributed by atoms with van der Waals surface area (Å²) >= 11 is 0. The molecular formula is C92H164N42O16. The molecule has 14 amide bonds. The van der Waals surface area contributed by atoms with E-state index in [2.05, 4.69) is 122 Å². The SMILES string of the molecule is CC(C)[C@H](NC(=O)[C@H](CCCNC(=N)N)NC(=O)[C@H](CCCNC(=N)N)NC(=O)[C@@H](NC(=O)[C@H](Cc1ccccc1)NC(=O)[C@H](CCCNC(=N)N)NC(=O)[C@H](CCCNC(=N)N)NC(=O)[C@@H](NC(=O)[C@H](CCCNC(=N)N)NC(=O)[C@H](CCCNC(=N)N)NC(=O)[C@@H](NC(=O)[C@H](Cc1ccccc1)NC(=O)[C@H](CCCNC(=N)N)NC(=O)[C@@H](N)CCCNC(=N)N)C(C)C)C(C)C)C(C)C)C(=O)N[C@@H](CCCNC(=N)N)C(=O)O. The van der Waals surface area contributed by atoms with Gasteiger partial charge in [-0.05, 0) is 150 Å². The average molecular weight is 2110 g/mol. The van der Waals surface area contributed by atoms with Crippen molar-refractivity contribution in [3.8, 4) is 0 Å². The second kappa shape index (κ2) is 70.6. The summed E-state index contributed by atoms with van der Waals surface area (Å²) in [6, 6.07) is -5.66. The van der Waals surface area contributed by atoms with Crippen molar-refractivity contribution in [2.24, 2.45) is 81.0 Å². The van der Waals surface area contributed by atoms with Crippen LogP contribution >= 0.6 is 0 Å². The lowest BCUT2D eigenvalue weighted by molar-refractivity contribution is -0.143. The maximum Gasteiger partial charge on any atom is 0.326 e. The number of aliphatic carboxylic acids is 1. The monoisotopic (exact) mass is 2110 g/mol. The molecule has 53 N–H and O–H groups in total. The smallest absolute Gasteiger partial charge is 0.326 e. The maximum atomic E-state index is 15.3. The van der Waals surface area contributed by atoms with Gasteiger partial charge in [0.15, 0.2) is 53.6 Å². The van der Waals surface area contributed by atoms with Gasteiger partial charge in [0.2, 0.25) is 82.7 Å². The van der Waals surface area contributed by atoms with Crippen molar-refractivity contribution in [1.82, 2.24) is 122 Å². The molecule has 15 atom stereocenters. The summed E-state index contributed by atoms with van der Waals surface area (Å²) < 4.78 is 0. The number of carboxylic acids is 1. The fourth-order valence-electron chi connectivity index (χ4n) is 15.0. The minimum Gasteiger partial charge on any atom is -0.480 e. The van der Waals surface area contributed by atoms with Gasteiger partial charge in [0.1, 0.15) is 84.6 Å². The molecule has 150 heavy (non-hydrogen) atoms. The minimum absolute atomic E-state index is 0.00571. The second-order valence-corrected chi connectivity index (χ2v) is 37.2. The van der Waals surface area contributed by atoms with Gasteiger partial charge in [0.25, 0.3) is 0 Å². The second-order valence-electron chi connectivity index (χ2n) is 37.2. The molecule has 0 aromatic heterocycles. The average Bonchev–Trinajstić information content (AvgIpc) is 0.844. The summed E-state index contributed by atoms with van der Waals surface area (Å²) in [5, 5.41) is 140. The zero-order valence-corrected chi connectivity index (χ0v) is 86.6. The maximum absolute atomic E-state index is 15.3. The summed E-state index contributed by atoms with van der Waals surface area (Å²) in [4.78, 5) is 219. The normalized spacial score (nSPS) is 14.0. The van der Waals surface area contributed by atoms with Crippen molar-refractivity contribution >= 4 is 142 Å². The highest BCUT2D eigenvalue weighted by atomic mass is 16.4. The lowest BCUT2D eigenvalue weighted by Gasteiger charge is -2.30. The van der Waals surface area contributed by atoms with Crippen LogP contribution in [0, 0.1) is 72.4 Å². The third kappa shape index (κ3) is 54.9. The van der Waals surface area contributed by atoms with Crippen molar-refractivity contribution in [3.63, 3.8) is 0 Å². The Balaban J connectivity index is 2.80. The number of carbonyl (C=O) groups excluding carboxylic acids is 14. The van der Waals surface area contributed by atoms with Crippen LogP contribution < -0.4 is 180 Å². The summed E-state index contributed by atoms with van der Waals surface area (Å²) in [6.45, 7) is 12.8. The topological polar surface area (TPSA) is 1030 Å². The van der Waals surface area contributed by atoms with E-state index in [1.165, 1.54) is 0 Å². The Kier molecular flexibility index (Phi) is 61.2. The largest absolute Gasteiger partial charge is 0.480 e. The fourth-order valence-corrected chi connectivity index (χ4v) is 15.0. The summed E-state index contributed by atoms with van der Waals surface area (Å²) in [6.07, 6.45) is -1.12. The zero-order valence-electron chi connectivity index (χ0n) is 86.6.